The number of hydrogen-bond donors (Lipinski definition) is 0. The number of Topliss-reactive ketones (excluding diaryl/α,β-unsaturated/α-hetero) is 4. The molecule has 0 aromatic heterocycles. The van der Waals surface area contributed by atoms with Gasteiger partial charge in [0.05, 0.1) is 11.8 Å². The van der Waals surface area contributed by atoms with Crippen LogP contribution >= 0.6 is 0 Å². The van der Waals surface area contributed by atoms with Crippen LogP contribution in [0.5, 0.6) is 0 Å². The van der Waals surface area contributed by atoms with Gasteiger partial charge in [-0.05, 0) is 5.56 Å². The van der Waals surface area contributed by atoms with Crippen molar-refractivity contribution in [3.05, 3.63) is 107 Å². The standard InChI is InChI=1S/C25H16O4/c26-22-15-10-4-5-11-16(15)23(27)20(22)19(14-8-2-1-3-9-14)21-24(28)17-12-6-7-13-18(17)25(21)29/h1-13,19-21H. The SMILES string of the molecule is O=C1c2ccccc2C(=O)C1C(c1ccccc1)C1C(=O)c2ccccc2C1=O. The Morgan fingerprint density at radius 1 is 0.448 bits per heavy atom. The zero-order chi connectivity index (χ0) is 20.1. The van der Waals surface area contributed by atoms with Crippen molar-refractivity contribution in [2.24, 2.45) is 11.8 Å². The molecule has 0 heterocycles. The Balaban J connectivity index is 1.68. The third-order valence-electron chi connectivity index (χ3n) is 5.95. The summed E-state index contributed by atoms with van der Waals surface area (Å²) in [6.07, 6.45) is 0. The van der Waals surface area contributed by atoms with Gasteiger partial charge in [-0.3, -0.25) is 19.2 Å². The first kappa shape index (κ1) is 17.4. The van der Waals surface area contributed by atoms with Crippen LogP contribution in [0.25, 0.3) is 0 Å². The molecule has 5 rings (SSSR count). The zero-order valence-corrected chi connectivity index (χ0v) is 15.4. The largest absolute Gasteiger partial charge is 0.293 e. The first-order chi connectivity index (χ1) is 14.1. The Labute approximate surface area is 167 Å². The van der Waals surface area contributed by atoms with E-state index in [0.29, 0.717) is 27.8 Å². The number of rotatable bonds is 3. The van der Waals surface area contributed by atoms with Crippen molar-refractivity contribution in [1.29, 1.82) is 0 Å². The summed E-state index contributed by atoms with van der Waals surface area (Å²) in [7, 11) is 0. The molecule has 0 atom stereocenters. The Hall–Kier alpha value is -3.66. The summed E-state index contributed by atoms with van der Waals surface area (Å²) in [4.78, 5) is 52.9. The van der Waals surface area contributed by atoms with Crippen molar-refractivity contribution in [3.63, 3.8) is 0 Å². The van der Waals surface area contributed by atoms with Gasteiger partial charge >= 0.3 is 0 Å². The van der Waals surface area contributed by atoms with E-state index >= 15 is 0 Å². The topological polar surface area (TPSA) is 68.3 Å². The van der Waals surface area contributed by atoms with Gasteiger partial charge in [0.1, 0.15) is 0 Å². The third-order valence-corrected chi connectivity index (χ3v) is 5.95. The molecule has 0 N–H and O–H groups in total. The normalized spacial score (nSPS) is 16.6. The Morgan fingerprint density at radius 2 is 0.759 bits per heavy atom. The number of ketones is 4. The molecule has 0 bridgehead atoms. The van der Waals surface area contributed by atoms with E-state index in [-0.39, 0.29) is 23.1 Å². The Bertz CT molecular complexity index is 1050. The highest BCUT2D eigenvalue weighted by Gasteiger charge is 2.52. The summed E-state index contributed by atoms with van der Waals surface area (Å²) in [5.74, 6) is -4.29. The molecule has 0 unspecified atom stereocenters. The van der Waals surface area contributed by atoms with Crippen LogP contribution in [-0.4, -0.2) is 23.1 Å². The van der Waals surface area contributed by atoms with E-state index in [1.807, 2.05) is 6.07 Å². The minimum atomic E-state index is -1.08. The lowest BCUT2D eigenvalue weighted by atomic mass is 9.72. The second kappa shape index (κ2) is 6.45. The molecule has 0 fully saturated rings. The average molecular weight is 380 g/mol. The second-order valence-corrected chi connectivity index (χ2v) is 7.44. The fraction of sp³-hybridized carbons (Fsp3) is 0.120. The predicted octanol–water partition coefficient (Wildman–Crippen LogP) is 4.16. The van der Waals surface area contributed by atoms with Crippen LogP contribution in [0.15, 0.2) is 78.9 Å². The van der Waals surface area contributed by atoms with Crippen LogP contribution in [0, 0.1) is 11.8 Å². The molecule has 0 aliphatic heterocycles. The number of benzene rings is 3. The smallest absolute Gasteiger partial charge is 0.175 e. The van der Waals surface area contributed by atoms with Crippen molar-refractivity contribution >= 4 is 23.1 Å². The molecular weight excluding hydrogens is 364 g/mol. The maximum absolute atomic E-state index is 13.2. The van der Waals surface area contributed by atoms with Crippen LogP contribution in [-0.2, 0) is 0 Å². The van der Waals surface area contributed by atoms with E-state index in [4.69, 9.17) is 0 Å². The average Bonchev–Trinajstić information content (AvgIpc) is 3.16. The fourth-order valence-electron chi connectivity index (χ4n) is 4.64. The monoisotopic (exact) mass is 380 g/mol. The summed E-state index contributed by atoms with van der Waals surface area (Å²) in [5.41, 5.74) is 2.09. The quantitative estimate of drug-likeness (QED) is 0.640. The van der Waals surface area contributed by atoms with Crippen LogP contribution < -0.4 is 0 Å². The van der Waals surface area contributed by atoms with Gasteiger partial charge in [-0.15, -0.1) is 0 Å². The molecule has 0 radical (unpaired) electrons. The number of carbonyl (C=O) groups excluding carboxylic acids is 4. The van der Waals surface area contributed by atoms with Gasteiger partial charge in [0.2, 0.25) is 0 Å². The predicted molar refractivity (Wildman–Crippen MR) is 106 cm³/mol. The number of fused-ring (bicyclic) bond motifs is 2. The summed E-state index contributed by atoms with van der Waals surface area (Å²) in [5, 5.41) is 0. The van der Waals surface area contributed by atoms with Crippen molar-refractivity contribution in [3.8, 4) is 0 Å². The molecule has 4 nitrogen and oxygen atoms in total. The van der Waals surface area contributed by atoms with Gasteiger partial charge in [-0.1, -0.05) is 78.9 Å². The molecule has 3 aromatic carbocycles. The van der Waals surface area contributed by atoms with Gasteiger partial charge in [0.15, 0.2) is 23.1 Å². The molecule has 29 heavy (non-hydrogen) atoms. The molecule has 0 amide bonds. The Morgan fingerprint density at radius 3 is 1.10 bits per heavy atom. The van der Waals surface area contributed by atoms with E-state index in [9.17, 15) is 19.2 Å². The minimum absolute atomic E-state index is 0.323. The molecule has 0 saturated heterocycles. The summed E-state index contributed by atoms with van der Waals surface area (Å²) in [6, 6.07) is 22.3. The molecule has 2 aliphatic carbocycles. The number of hydrogen-bond acceptors (Lipinski definition) is 4. The molecule has 4 heteroatoms. The first-order valence-electron chi connectivity index (χ1n) is 9.49. The lowest BCUT2D eigenvalue weighted by Gasteiger charge is -2.26. The Kier molecular flexibility index (Phi) is 3.88. The molecule has 0 saturated carbocycles. The molecule has 140 valence electrons. The van der Waals surface area contributed by atoms with Gasteiger partial charge in [0.25, 0.3) is 0 Å². The maximum atomic E-state index is 13.2. The fourth-order valence-corrected chi connectivity index (χ4v) is 4.64. The number of carbonyl (C=O) groups is 4. The highest BCUT2D eigenvalue weighted by Crippen LogP contribution is 2.45. The summed E-state index contributed by atoms with van der Waals surface area (Å²) in [6.45, 7) is 0. The molecule has 2 aliphatic rings. The first-order valence-corrected chi connectivity index (χ1v) is 9.49. The van der Waals surface area contributed by atoms with Crippen molar-refractivity contribution in [2.75, 3.05) is 0 Å². The zero-order valence-electron chi connectivity index (χ0n) is 15.4. The molecular formula is C25H16O4. The lowest BCUT2D eigenvalue weighted by Crippen LogP contribution is -2.34. The maximum Gasteiger partial charge on any atom is 0.175 e. The van der Waals surface area contributed by atoms with Crippen LogP contribution in [0.1, 0.15) is 52.9 Å². The second-order valence-electron chi connectivity index (χ2n) is 7.44. The van der Waals surface area contributed by atoms with Crippen LogP contribution in [0.4, 0.5) is 0 Å². The third kappa shape index (κ3) is 2.46. The van der Waals surface area contributed by atoms with Gasteiger partial charge in [-0.25, -0.2) is 0 Å². The van der Waals surface area contributed by atoms with E-state index in [1.54, 1.807) is 72.8 Å². The summed E-state index contributed by atoms with van der Waals surface area (Å²) < 4.78 is 0. The molecule has 0 spiro atoms. The van der Waals surface area contributed by atoms with Crippen molar-refractivity contribution in [1.82, 2.24) is 0 Å². The van der Waals surface area contributed by atoms with E-state index in [0.717, 1.165) is 0 Å². The highest BCUT2D eigenvalue weighted by atomic mass is 16.2. The summed E-state index contributed by atoms with van der Waals surface area (Å²) >= 11 is 0. The van der Waals surface area contributed by atoms with E-state index < -0.39 is 17.8 Å². The lowest BCUT2D eigenvalue weighted by molar-refractivity contribution is 0.0729. The van der Waals surface area contributed by atoms with Crippen LogP contribution in [0.3, 0.4) is 0 Å². The minimum Gasteiger partial charge on any atom is -0.293 e. The molecule has 3 aromatic rings. The van der Waals surface area contributed by atoms with E-state index in [1.165, 1.54) is 0 Å². The van der Waals surface area contributed by atoms with Gasteiger partial charge in [0, 0.05) is 28.2 Å². The van der Waals surface area contributed by atoms with Crippen molar-refractivity contribution in [2.45, 2.75) is 5.92 Å². The van der Waals surface area contributed by atoms with Gasteiger partial charge in [-0.2, -0.15) is 0 Å². The van der Waals surface area contributed by atoms with Crippen LogP contribution in [0.2, 0.25) is 0 Å². The highest BCUT2D eigenvalue weighted by molar-refractivity contribution is 6.30. The van der Waals surface area contributed by atoms with Gasteiger partial charge < -0.3 is 0 Å². The van der Waals surface area contributed by atoms with E-state index in [2.05, 4.69) is 0 Å². The van der Waals surface area contributed by atoms with Crippen molar-refractivity contribution < 1.29 is 19.2 Å².